The van der Waals surface area contributed by atoms with Crippen molar-refractivity contribution < 1.29 is 0 Å². The lowest BCUT2D eigenvalue weighted by Crippen LogP contribution is -2.32. The molecule has 0 aromatic carbocycles. The van der Waals surface area contributed by atoms with Gasteiger partial charge in [-0.05, 0) is 37.0 Å². The number of allylic oxidation sites excluding steroid dienone is 5. The van der Waals surface area contributed by atoms with Crippen molar-refractivity contribution in [1.29, 1.82) is 0 Å². The average molecular weight is 215 g/mol. The summed E-state index contributed by atoms with van der Waals surface area (Å²) in [5.41, 5.74) is 2.96. The Morgan fingerprint density at radius 2 is 2.31 bits per heavy atom. The maximum absolute atomic E-state index is 3.68. The van der Waals surface area contributed by atoms with Crippen LogP contribution >= 0.6 is 0 Å². The number of hydrogen-bond donors (Lipinski definition) is 1. The predicted molar refractivity (Wildman–Crippen MR) is 70.4 cm³/mol. The standard InChI is InChI=1S/C15H21N/c1-2-3-12-16-15(13-8-4-5-9-13)14-10-6-7-11-14/h4-6,8,10-11,15-16H,2-3,7,9,12H2,1H3. The van der Waals surface area contributed by atoms with Crippen LogP contribution in [0.1, 0.15) is 32.6 Å². The van der Waals surface area contributed by atoms with Crippen LogP contribution in [0.5, 0.6) is 0 Å². The largest absolute Gasteiger partial charge is 0.307 e. The zero-order chi connectivity index (χ0) is 11.2. The Morgan fingerprint density at radius 3 is 2.94 bits per heavy atom. The van der Waals surface area contributed by atoms with E-state index in [0.29, 0.717) is 6.04 Å². The summed E-state index contributed by atoms with van der Waals surface area (Å²) in [5, 5.41) is 3.68. The fourth-order valence-electron chi connectivity index (χ4n) is 2.25. The summed E-state index contributed by atoms with van der Waals surface area (Å²) in [4.78, 5) is 0. The maximum Gasteiger partial charge on any atom is 0.0539 e. The monoisotopic (exact) mass is 215 g/mol. The smallest absolute Gasteiger partial charge is 0.0539 e. The zero-order valence-electron chi connectivity index (χ0n) is 10.1. The Labute approximate surface area is 98.6 Å². The van der Waals surface area contributed by atoms with Gasteiger partial charge in [-0.1, -0.05) is 49.8 Å². The van der Waals surface area contributed by atoms with Gasteiger partial charge in [-0.3, -0.25) is 0 Å². The van der Waals surface area contributed by atoms with Gasteiger partial charge in [0.1, 0.15) is 0 Å². The van der Waals surface area contributed by atoms with Crippen molar-refractivity contribution in [3.63, 3.8) is 0 Å². The van der Waals surface area contributed by atoms with Crippen molar-refractivity contribution in [2.24, 2.45) is 0 Å². The van der Waals surface area contributed by atoms with E-state index in [-0.39, 0.29) is 0 Å². The molecule has 1 atom stereocenters. The summed E-state index contributed by atoms with van der Waals surface area (Å²) in [6.45, 7) is 3.35. The molecule has 0 spiro atoms. The second kappa shape index (κ2) is 5.86. The van der Waals surface area contributed by atoms with Gasteiger partial charge in [0, 0.05) is 0 Å². The van der Waals surface area contributed by atoms with Crippen LogP contribution < -0.4 is 5.32 Å². The molecule has 0 saturated carbocycles. The predicted octanol–water partition coefficient (Wildman–Crippen LogP) is 3.52. The molecule has 1 heteroatoms. The molecule has 0 saturated heterocycles. The molecule has 86 valence electrons. The van der Waals surface area contributed by atoms with Crippen LogP contribution in [0.15, 0.2) is 47.6 Å². The third-order valence-corrected chi connectivity index (χ3v) is 3.18. The first-order valence-corrected chi connectivity index (χ1v) is 6.37. The molecule has 1 N–H and O–H groups in total. The first-order chi connectivity index (χ1) is 7.92. The van der Waals surface area contributed by atoms with Crippen molar-refractivity contribution in [3.05, 3.63) is 47.6 Å². The summed E-state index contributed by atoms with van der Waals surface area (Å²) in [7, 11) is 0. The Kier molecular flexibility index (Phi) is 4.17. The summed E-state index contributed by atoms with van der Waals surface area (Å²) in [6.07, 6.45) is 18.2. The minimum absolute atomic E-state index is 0.445. The van der Waals surface area contributed by atoms with Gasteiger partial charge in [0.05, 0.1) is 6.04 Å². The van der Waals surface area contributed by atoms with Crippen LogP contribution in [0.4, 0.5) is 0 Å². The highest BCUT2D eigenvalue weighted by Crippen LogP contribution is 2.24. The fraction of sp³-hybridized carbons (Fsp3) is 0.467. The van der Waals surface area contributed by atoms with Crippen LogP contribution in [0.2, 0.25) is 0 Å². The number of unbranched alkanes of at least 4 members (excludes halogenated alkanes) is 1. The van der Waals surface area contributed by atoms with Gasteiger partial charge in [-0.2, -0.15) is 0 Å². The molecule has 1 nitrogen and oxygen atoms in total. The molecule has 0 aliphatic heterocycles. The highest BCUT2D eigenvalue weighted by atomic mass is 14.9. The van der Waals surface area contributed by atoms with E-state index in [1.165, 1.54) is 24.0 Å². The SMILES string of the molecule is CCCCNC(C1=CCC=C1)C1=CC=CC1. The first-order valence-electron chi connectivity index (χ1n) is 6.37. The molecule has 0 aromatic heterocycles. The zero-order valence-corrected chi connectivity index (χ0v) is 10.1. The van der Waals surface area contributed by atoms with Gasteiger partial charge < -0.3 is 5.32 Å². The molecule has 0 aromatic rings. The van der Waals surface area contributed by atoms with Crippen molar-refractivity contribution in [1.82, 2.24) is 5.32 Å². The lowest BCUT2D eigenvalue weighted by molar-refractivity contribution is 0.599. The van der Waals surface area contributed by atoms with Crippen LogP contribution in [-0.4, -0.2) is 12.6 Å². The van der Waals surface area contributed by atoms with Gasteiger partial charge in [-0.15, -0.1) is 0 Å². The quantitative estimate of drug-likeness (QED) is 0.668. The van der Waals surface area contributed by atoms with Crippen LogP contribution in [0.3, 0.4) is 0 Å². The molecule has 0 radical (unpaired) electrons. The van der Waals surface area contributed by atoms with Crippen LogP contribution in [-0.2, 0) is 0 Å². The third kappa shape index (κ3) is 2.73. The van der Waals surface area contributed by atoms with Gasteiger partial charge in [-0.25, -0.2) is 0 Å². The van der Waals surface area contributed by atoms with Gasteiger partial charge >= 0.3 is 0 Å². The van der Waals surface area contributed by atoms with E-state index in [4.69, 9.17) is 0 Å². The van der Waals surface area contributed by atoms with E-state index >= 15 is 0 Å². The molecule has 2 aliphatic carbocycles. The topological polar surface area (TPSA) is 12.0 Å². The fourth-order valence-corrected chi connectivity index (χ4v) is 2.25. The number of nitrogens with one attached hydrogen (secondary N) is 1. The molecule has 0 amide bonds. The molecule has 16 heavy (non-hydrogen) atoms. The lowest BCUT2D eigenvalue weighted by atomic mass is 9.98. The van der Waals surface area contributed by atoms with Crippen molar-refractivity contribution >= 4 is 0 Å². The Hall–Kier alpha value is -1.08. The molecule has 2 aliphatic rings. The minimum atomic E-state index is 0.445. The molecule has 0 heterocycles. The van der Waals surface area contributed by atoms with Gasteiger partial charge in [0.2, 0.25) is 0 Å². The average Bonchev–Trinajstić information content (AvgIpc) is 2.97. The van der Waals surface area contributed by atoms with E-state index in [1.807, 2.05) is 0 Å². The van der Waals surface area contributed by atoms with Gasteiger partial charge in [0.15, 0.2) is 0 Å². The second-order valence-electron chi connectivity index (χ2n) is 4.46. The van der Waals surface area contributed by atoms with Crippen molar-refractivity contribution in [3.8, 4) is 0 Å². The number of hydrogen-bond acceptors (Lipinski definition) is 1. The van der Waals surface area contributed by atoms with Crippen LogP contribution in [0, 0.1) is 0 Å². The Bertz CT molecular complexity index is 344. The van der Waals surface area contributed by atoms with E-state index in [2.05, 4.69) is 48.7 Å². The molecular formula is C15H21N. The first kappa shape index (κ1) is 11.4. The van der Waals surface area contributed by atoms with E-state index < -0.39 is 0 Å². The maximum atomic E-state index is 3.68. The number of rotatable bonds is 6. The summed E-state index contributed by atoms with van der Waals surface area (Å²) < 4.78 is 0. The van der Waals surface area contributed by atoms with E-state index in [9.17, 15) is 0 Å². The lowest BCUT2D eigenvalue weighted by Gasteiger charge is -2.20. The Balaban J connectivity index is 1.98. The third-order valence-electron chi connectivity index (χ3n) is 3.18. The van der Waals surface area contributed by atoms with E-state index in [1.54, 1.807) is 0 Å². The summed E-state index contributed by atoms with van der Waals surface area (Å²) in [5.74, 6) is 0. The second-order valence-corrected chi connectivity index (χ2v) is 4.46. The van der Waals surface area contributed by atoms with Crippen molar-refractivity contribution in [2.45, 2.75) is 38.6 Å². The van der Waals surface area contributed by atoms with Crippen molar-refractivity contribution in [2.75, 3.05) is 6.54 Å². The Morgan fingerprint density at radius 1 is 1.38 bits per heavy atom. The van der Waals surface area contributed by atoms with Crippen LogP contribution in [0.25, 0.3) is 0 Å². The molecule has 1 unspecified atom stereocenters. The normalized spacial score (nSPS) is 20.1. The van der Waals surface area contributed by atoms with Gasteiger partial charge in [0.25, 0.3) is 0 Å². The highest BCUT2D eigenvalue weighted by Gasteiger charge is 2.18. The molecular weight excluding hydrogens is 194 g/mol. The molecule has 0 bridgehead atoms. The highest BCUT2D eigenvalue weighted by molar-refractivity contribution is 5.41. The summed E-state index contributed by atoms with van der Waals surface area (Å²) >= 11 is 0. The molecule has 2 rings (SSSR count). The van der Waals surface area contributed by atoms with E-state index in [0.717, 1.165) is 19.4 Å². The molecule has 0 fully saturated rings. The minimum Gasteiger partial charge on any atom is -0.307 e. The summed E-state index contributed by atoms with van der Waals surface area (Å²) in [6, 6.07) is 0.445.